The fourth-order valence-corrected chi connectivity index (χ4v) is 5.14. The number of rotatable bonds is 33. The van der Waals surface area contributed by atoms with E-state index in [1.54, 1.807) is 0 Å². The lowest BCUT2D eigenvalue weighted by Gasteiger charge is -2.18. The van der Waals surface area contributed by atoms with Crippen LogP contribution >= 0.6 is 0 Å². The first kappa shape index (κ1) is 42.1. The summed E-state index contributed by atoms with van der Waals surface area (Å²) in [5.41, 5.74) is 0. The molecule has 1 unspecified atom stereocenters. The first-order valence-electron chi connectivity index (χ1n) is 18.7. The molecule has 0 aromatic heterocycles. The Labute approximate surface area is 271 Å². The maximum absolute atomic E-state index is 12.5. The molecule has 0 saturated carbocycles. The zero-order valence-corrected chi connectivity index (χ0v) is 29.2. The summed E-state index contributed by atoms with van der Waals surface area (Å²) in [7, 11) is 0. The van der Waals surface area contributed by atoms with Gasteiger partial charge in [0.05, 0.1) is 0 Å². The van der Waals surface area contributed by atoms with Crippen molar-refractivity contribution in [2.45, 2.75) is 200 Å². The molecule has 0 heterocycles. The molecule has 0 N–H and O–H groups in total. The van der Waals surface area contributed by atoms with E-state index in [0.717, 1.165) is 64.2 Å². The molecule has 0 aromatic carbocycles. The van der Waals surface area contributed by atoms with Crippen molar-refractivity contribution < 1.29 is 28.6 Å². The van der Waals surface area contributed by atoms with Gasteiger partial charge in [-0.15, -0.1) is 0 Å². The smallest absolute Gasteiger partial charge is 0.306 e. The third-order valence-corrected chi connectivity index (χ3v) is 8.02. The molecule has 258 valence electrons. The Balaban J connectivity index is 4.28. The minimum atomic E-state index is -0.760. The van der Waals surface area contributed by atoms with E-state index in [0.29, 0.717) is 19.3 Å². The molecule has 44 heavy (non-hydrogen) atoms. The largest absolute Gasteiger partial charge is 0.462 e. The summed E-state index contributed by atoms with van der Waals surface area (Å²) in [5, 5.41) is 0. The van der Waals surface area contributed by atoms with Crippen LogP contribution in [0.2, 0.25) is 0 Å². The van der Waals surface area contributed by atoms with Crippen molar-refractivity contribution in [2.24, 2.45) is 0 Å². The predicted molar refractivity (Wildman–Crippen MR) is 183 cm³/mol. The molecule has 6 nitrogen and oxygen atoms in total. The average molecular weight is 623 g/mol. The highest BCUT2D eigenvalue weighted by Gasteiger charge is 2.19. The number of ether oxygens (including phenoxy) is 3. The van der Waals surface area contributed by atoms with Crippen LogP contribution in [0.4, 0.5) is 0 Å². The summed E-state index contributed by atoms with van der Waals surface area (Å²) in [5.74, 6) is -0.900. The van der Waals surface area contributed by atoms with Crippen molar-refractivity contribution in [3.8, 4) is 0 Å². The van der Waals surface area contributed by atoms with E-state index in [9.17, 15) is 14.4 Å². The van der Waals surface area contributed by atoms with Gasteiger partial charge in [-0.2, -0.15) is 0 Å². The Kier molecular flexibility index (Phi) is 32.6. The average Bonchev–Trinajstić information content (AvgIpc) is 3.02. The van der Waals surface area contributed by atoms with Gasteiger partial charge in [0.25, 0.3) is 0 Å². The van der Waals surface area contributed by atoms with Gasteiger partial charge < -0.3 is 14.2 Å². The summed E-state index contributed by atoms with van der Waals surface area (Å²) in [6.45, 7) is 6.48. The second kappa shape index (κ2) is 34.0. The normalized spacial score (nSPS) is 12.0. The number of hydrogen-bond acceptors (Lipinski definition) is 6. The third kappa shape index (κ3) is 31.6. The van der Waals surface area contributed by atoms with Gasteiger partial charge in [-0.05, 0) is 44.9 Å². The second-order valence-corrected chi connectivity index (χ2v) is 12.5. The third-order valence-electron chi connectivity index (χ3n) is 8.02. The monoisotopic (exact) mass is 623 g/mol. The van der Waals surface area contributed by atoms with Gasteiger partial charge in [0, 0.05) is 19.3 Å². The van der Waals surface area contributed by atoms with E-state index >= 15 is 0 Å². The topological polar surface area (TPSA) is 78.9 Å². The van der Waals surface area contributed by atoms with Gasteiger partial charge in [-0.25, -0.2) is 0 Å². The minimum Gasteiger partial charge on any atom is -0.462 e. The van der Waals surface area contributed by atoms with Crippen LogP contribution in [0.25, 0.3) is 0 Å². The Morgan fingerprint density at radius 1 is 0.432 bits per heavy atom. The summed E-state index contributed by atoms with van der Waals surface area (Å²) in [4.78, 5) is 37.1. The van der Waals surface area contributed by atoms with Crippen molar-refractivity contribution in [2.75, 3.05) is 13.2 Å². The van der Waals surface area contributed by atoms with Crippen LogP contribution in [0.5, 0.6) is 0 Å². The zero-order chi connectivity index (χ0) is 32.4. The highest BCUT2D eigenvalue weighted by Crippen LogP contribution is 2.12. The second-order valence-electron chi connectivity index (χ2n) is 12.5. The number of carbonyl (C=O) groups is 3. The fourth-order valence-electron chi connectivity index (χ4n) is 5.14. The van der Waals surface area contributed by atoms with Crippen molar-refractivity contribution in [1.29, 1.82) is 0 Å². The van der Waals surface area contributed by atoms with E-state index in [2.05, 4.69) is 32.9 Å². The Bertz CT molecular complexity index is 689. The van der Waals surface area contributed by atoms with E-state index in [-0.39, 0.29) is 31.1 Å². The number of hydrogen-bond donors (Lipinski definition) is 0. The summed E-state index contributed by atoms with van der Waals surface area (Å²) < 4.78 is 16.4. The van der Waals surface area contributed by atoms with Crippen LogP contribution < -0.4 is 0 Å². The van der Waals surface area contributed by atoms with Gasteiger partial charge in [0.15, 0.2) is 6.10 Å². The molecule has 0 aliphatic heterocycles. The van der Waals surface area contributed by atoms with Crippen molar-refractivity contribution in [3.05, 3.63) is 12.2 Å². The summed E-state index contributed by atoms with van der Waals surface area (Å²) >= 11 is 0. The Morgan fingerprint density at radius 3 is 1.16 bits per heavy atom. The molecule has 0 fully saturated rings. The molecule has 6 heteroatoms. The first-order valence-corrected chi connectivity index (χ1v) is 18.7. The fraction of sp³-hybridized carbons (Fsp3) is 0.868. The Morgan fingerprint density at radius 2 is 0.750 bits per heavy atom. The van der Waals surface area contributed by atoms with Gasteiger partial charge in [0.1, 0.15) is 13.2 Å². The Hall–Kier alpha value is -1.85. The van der Waals surface area contributed by atoms with Crippen LogP contribution in [0.1, 0.15) is 194 Å². The quantitative estimate of drug-likeness (QED) is 0.0313. The van der Waals surface area contributed by atoms with Gasteiger partial charge in [-0.1, -0.05) is 142 Å². The molecule has 0 amide bonds. The molecule has 1 atom stereocenters. The predicted octanol–water partition coefficient (Wildman–Crippen LogP) is 11.1. The molecule has 0 spiro atoms. The molecule has 0 rings (SSSR count). The van der Waals surface area contributed by atoms with Gasteiger partial charge in [0.2, 0.25) is 0 Å². The van der Waals surface area contributed by atoms with Gasteiger partial charge >= 0.3 is 17.9 Å². The van der Waals surface area contributed by atoms with Crippen molar-refractivity contribution >= 4 is 17.9 Å². The van der Waals surface area contributed by atoms with Crippen LogP contribution in [0.15, 0.2) is 12.2 Å². The molecule has 0 aromatic rings. The first-order chi connectivity index (χ1) is 21.5. The molecule has 0 bridgehead atoms. The number of carbonyl (C=O) groups excluding carboxylic acids is 3. The van der Waals surface area contributed by atoms with Crippen LogP contribution in [0, 0.1) is 0 Å². The van der Waals surface area contributed by atoms with Gasteiger partial charge in [-0.3, -0.25) is 14.4 Å². The lowest BCUT2D eigenvalue weighted by Crippen LogP contribution is -2.30. The van der Waals surface area contributed by atoms with Crippen molar-refractivity contribution in [1.82, 2.24) is 0 Å². The summed E-state index contributed by atoms with van der Waals surface area (Å²) in [6.07, 6.45) is 32.2. The maximum atomic E-state index is 12.5. The minimum absolute atomic E-state index is 0.0715. The molecule has 0 saturated heterocycles. The number of unbranched alkanes of at least 4 members (excludes halogenated alkanes) is 20. The summed E-state index contributed by atoms with van der Waals surface area (Å²) in [6, 6.07) is 0. The highest BCUT2D eigenvalue weighted by molar-refractivity contribution is 5.71. The lowest BCUT2D eigenvalue weighted by molar-refractivity contribution is -0.167. The number of esters is 3. The van der Waals surface area contributed by atoms with Crippen LogP contribution in [-0.4, -0.2) is 37.2 Å². The molecule has 0 radical (unpaired) electrons. The van der Waals surface area contributed by atoms with E-state index in [1.165, 1.54) is 89.9 Å². The van der Waals surface area contributed by atoms with E-state index in [1.807, 2.05) is 0 Å². The van der Waals surface area contributed by atoms with Crippen LogP contribution in [-0.2, 0) is 28.6 Å². The zero-order valence-electron chi connectivity index (χ0n) is 29.2. The molecule has 0 aliphatic rings. The van der Waals surface area contributed by atoms with E-state index in [4.69, 9.17) is 14.2 Å². The number of allylic oxidation sites excluding steroid dienone is 2. The maximum Gasteiger partial charge on any atom is 0.306 e. The molecular formula is C38H70O6. The lowest BCUT2D eigenvalue weighted by atomic mass is 10.1. The van der Waals surface area contributed by atoms with E-state index < -0.39 is 6.10 Å². The van der Waals surface area contributed by atoms with Crippen molar-refractivity contribution in [3.63, 3.8) is 0 Å². The SMILES string of the molecule is CCCCCC/C=C\CCCCCCCC(=O)OCC(COC(=O)CCCCCCCC)OC(=O)CCCCCCCCC. The molecular weight excluding hydrogens is 552 g/mol. The molecule has 0 aliphatic carbocycles. The highest BCUT2D eigenvalue weighted by atomic mass is 16.6. The standard InChI is InChI=1S/C38H70O6/c1-4-7-10-13-16-17-18-19-20-21-23-25-28-31-37(40)43-34-35(33-42-36(39)30-27-24-15-12-9-6-3)44-38(41)32-29-26-22-14-11-8-5-2/h17-18,35H,4-16,19-34H2,1-3H3/b18-17-. The van der Waals surface area contributed by atoms with Crippen LogP contribution in [0.3, 0.4) is 0 Å².